The van der Waals surface area contributed by atoms with Gasteiger partial charge in [-0.3, -0.25) is 0 Å². The first kappa shape index (κ1) is 18.1. The van der Waals surface area contributed by atoms with Crippen molar-refractivity contribution in [3.63, 3.8) is 0 Å². The summed E-state index contributed by atoms with van der Waals surface area (Å²) < 4.78 is 0. The van der Waals surface area contributed by atoms with Crippen LogP contribution in [-0.2, 0) is 52.9 Å². The molecule has 0 aliphatic heterocycles. The third kappa shape index (κ3) is 5.86. The molecule has 0 saturated heterocycles. The summed E-state index contributed by atoms with van der Waals surface area (Å²) in [6, 6.07) is 0. The minimum Gasteiger partial charge on any atom is -0.547 e. The molecule has 0 saturated carbocycles. The van der Waals surface area contributed by atoms with E-state index in [1.54, 1.807) is 0 Å². The van der Waals surface area contributed by atoms with Crippen LogP contribution in [0.5, 0.6) is 0 Å². The number of carboxylic acid groups (broad SMARTS) is 2. The van der Waals surface area contributed by atoms with Crippen LogP contribution in [0.15, 0.2) is 0 Å². The quantitative estimate of drug-likeness (QED) is 0.505. The fourth-order valence-electron chi connectivity index (χ4n) is 0.258. The second-order valence-corrected chi connectivity index (χ2v) is 1.53. The van der Waals surface area contributed by atoms with Gasteiger partial charge in [-0.1, -0.05) is 0 Å². The Balaban J connectivity index is -0.000000405. The number of rotatable bonds is 3. The maximum atomic E-state index is 9.63. The van der Waals surface area contributed by atoms with Crippen LogP contribution >= 0.6 is 0 Å². The molecule has 0 aromatic heterocycles. The fraction of sp³-hybridized carbons (Fsp3) is 0.500. The summed E-state index contributed by atoms with van der Waals surface area (Å²) in [7, 11) is 0. The monoisotopic (exact) mass is 301 g/mol. The predicted octanol–water partition coefficient (Wildman–Crippen LogP) is -4.80. The molecule has 0 aliphatic carbocycles. The zero-order valence-electron chi connectivity index (χ0n) is 5.48. The summed E-state index contributed by atoms with van der Waals surface area (Å²) in [6.07, 6.45) is -4.88. The smallest absolute Gasteiger partial charge is 0.547 e. The summed E-state index contributed by atoms with van der Waals surface area (Å²) in [4.78, 5) is 19.3. The largest absolute Gasteiger partial charge is 2.00 e. The van der Waals surface area contributed by atoms with Gasteiger partial charge in [-0.25, -0.2) is 0 Å². The van der Waals surface area contributed by atoms with E-state index < -0.39 is 24.1 Å². The Kier molecular flexibility index (Phi) is 11.9. The summed E-state index contributed by atoms with van der Waals surface area (Å²) >= 11 is 0. The Morgan fingerprint density at radius 3 is 1.25 bits per heavy atom. The van der Waals surface area contributed by atoms with Crippen molar-refractivity contribution in [3.05, 3.63) is 0 Å². The van der Waals surface area contributed by atoms with E-state index in [0.717, 1.165) is 0 Å². The number of carboxylic acids is 2. The first-order chi connectivity index (χ1) is 4.46. The number of hydrogen-bond donors (Lipinski definition) is 2. The number of carbonyl (C=O) groups excluding carboxylic acids is 2. The van der Waals surface area contributed by atoms with E-state index >= 15 is 0 Å². The summed E-state index contributed by atoms with van der Waals surface area (Å²) in [5.41, 5.74) is 0. The molecule has 1 radical (unpaired) electrons. The average molecular weight is 303 g/mol. The second kappa shape index (κ2) is 7.89. The molecule has 0 bridgehead atoms. The van der Waals surface area contributed by atoms with E-state index in [0.29, 0.717) is 0 Å². The topological polar surface area (TPSA) is 121 Å². The van der Waals surface area contributed by atoms with Gasteiger partial charge in [0.2, 0.25) is 0 Å². The molecular weight excluding hydrogens is 299 g/mol. The van der Waals surface area contributed by atoms with Gasteiger partial charge in [0.05, 0.1) is 11.9 Å². The van der Waals surface area contributed by atoms with Crippen LogP contribution in [0.4, 0.5) is 0 Å². The van der Waals surface area contributed by atoms with Gasteiger partial charge in [0, 0.05) is 26.2 Å². The van der Waals surface area contributed by atoms with E-state index in [4.69, 9.17) is 10.2 Å². The number of carbonyl (C=O) groups is 2. The Labute approximate surface area is 97.2 Å². The van der Waals surface area contributed by atoms with Gasteiger partial charge in [0.15, 0.2) is 0 Å². The van der Waals surface area contributed by atoms with Crippen LogP contribution in [-0.4, -0.2) is 34.4 Å². The van der Waals surface area contributed by atoms with Crippen LogP contribution in [0.2, 0.25) is 0 Å². The number of hydrogen-bond acceptors (Lipinski definition) is 6. The van der Waals surface area contributed by atoms with Gasteiger partial charge >= 0.3 is 17.1 Å². The molecule has 12 heavy (non-hydrogen) atoms. The van der Waals surface area contributed by atoms with E-state index in [1.165, 1.54) is 0 Å². The third-order valence-electron chi connectivity index (χ3n) is 0.782. The molecule has 0 rings (SSSR count). The molecule has 0 aliphatic rings. The Bertz CT molecular complexity index is 144. The zero-order chi connectivity index (χ0) is 8.31. The van der Waals surface area contributed by atoms with Gasteiger partial charge < -0.3 is 30.0 Å². The van der Waals surface area contributed by atoms with Gasteiger partial charge in [0.1, 0.15) is 12.2 Å². The van der Waals surface area contributed by atoms with Crippen molar-refractivity contribution >= 4 is 11.9 Å². The standard InChI is InChI=1S/C4H6O6.Cu.Zr/c5-1(3(7)8)2(6)4(9)10;;/h1-2,5-6H,(H,7,8)(H,9,10);;/q;+2;/p-2. The fourth-order valence-corrected chi connectivity index (χ4v) is 0.258. The van der Waals surface area contributed by atoms with Crippen molar-refractivity contribution in [2.24, 2.45) is 0 Å². The second-order valence-electron chi connectivity index (χ2n) is 1.53. The molecule has 6 nitrogen and oxygen atoms in total. The van der Waals surface area contributed by atoms with Gasteiger partial charge in [-0.15, -0.1) is 0 Å². The van der Waals surface area contributed by atoms with Crippen LogP contribution in [0, 0.1) is 0 Å². The van der Waals surface area contributed by atoms with Crippen molar-refractivity contribution in [3.8, 4) is 0 Å². The van der Waals surface area contributed by atoms with E-state index in [1.807, 2.05) is 0 Å². The van der Waals surface area contributed by atoms with Gasteiger partial charge in [-0.05, 0) is 0 Å². The molecular formula is C4H4CuO6Zr. The van der Waals surface area contributed by atoms with Crippen LogP contribution in [0.25, 0.3) is 0 Å². The zero-order valence-corrected chi connectivity index (χ0v) is 8.88. The molecule has 2 unspecified atom stereocenters. The maximum absolute atomic E-state index is 9.63. The number of aliphatic hydroxyl groups excluding tert-OH is 2. The maximum Gasteiger partial charge on any atom is 2.00 e. The molecule has 0 fully saturated rings. The summed E-state index contributed by atoms with van der Waals surface area (Å²) in [5, 5.41) is 35.7. The Hall–Kier alpha value is 0.263. The molecule has 71 valence electrons. The average Bonchev–Trinajstić information content (AvgIpc) is 1.84. The Morgan fingerprint density at radius 1 is 1.00 bits per heavy atom. The van der Waals surface area contributed by atoms with Crippen molar-refractivity contribution in [2.45, 2.75) is 12.2 Å². The summed E-state index contributed by atoms with van der Waals surface area (Å²) in [5.74, 6) is -4.12. The minimum absolute atomic E-state index is 0. The van der Waals surface area contributed by atoms with Gasteiger partial charge in [-0.2, -0.15) is 0 Å². The molecule has 0 aromatic rings. The van der Waals surface area contributed by atoms with E-state index in [-0.39, 0.29) is 43.3 Å². The molecule has 2 N–H and O–H groups in total. The first-order valence-corrected chi connectivity index (χ1v) is 2.24. The van der Waals surface area contributed by atoms with Crippen LogP contribution in [0.1, 0.15) is 0 Å². The first-order valence-electron chi connectivity index (χ1n) is 2.24. The van der Waals surface area contributed by atoms with Crippen molar-refractivity contribution in [1.82, 2.24) is 0 Å². The number of aliphatic hydroxyl groups is 2. The van der Waals surface area contributed by atoms with Gasteiger partial charge in [0.25, 0.3) is 0 Å². The molecule has 8 heteroatoms. The Morgan fingerprint density at radius 2 is 1.17 bits per heavy atom. The van der Waals surface area contributed by atoms with Crippen molar-refractivity contribution in [2.75, 3.05) is 0 Å². The van der Waals surface area contributed by atoms with Crippen molar-refractivity contribution < 1.29 is 73.3 Å². The summed E-state index contributed by atoms with van der Waals surface area (Å²) in [6.45, 7) is 0. The SMILES string of the molecule is O=C([O-])C(O)C(O)C(=O)[O-].[Cu+2].[Zr]. The normalized spacial score (nSPS) is 13.2. The van der Waals surface area contributed by atoms with Crippen molar-refractivity contribution in [1.29, 1.82) is 0 Å². The molecule has 0 amide bonds. The number of aliphatic carboxylic acids is 2. The predicted molar refractivity (Wildman–Crippen MR) is 22.0 cm³/mol. The van der Waals surface area contributed by atoms with Crippen LogP contribution < -0.4 is 10.2 Å². The molecule has 2 atom stereocenters. The molecule has 0 heterocycles. The molecule has 0 spiro atoms. The van der Waals surface area contributed by atoms with E-state index in [2.05, 4.69) is 0 Å². The third-order valence-corrected chi connectivity index (χ3v) is 0.782. The minimum atomic E-state index is -2.44. The van der Waals surface area contributed by atoms with E-state index in [9.17, 15) is 19.8 Å². The van der Waals surface area contributed by atoms with Crippen LogP contribution in [0.3, 0.4) is 0 Å². The molecule has 0 aromatic carbocycles.